The van der Waals surface area contributed by atoms with E-state index in [4.69, 9.17) is 9.47 Å². The van der Waals surface area contributed by atoms with Crippen LogP contribution in [0.3, 0.4) is 0 Å². The van der Waals surface area contributed by atoms with Gasteiger partial charge in [-0.05, 0) is 17.4 Å². The average Bonchev–Trinajstić information content (AvgIpc) is 2.27. The number of ether oxygens (including phenoxy) is 2. The Morgan fingerprint density at radius 3 is 3.07 bits per heavy atom. The molecule has 1 atom stereocenters. The summed E-state index contributed by atoms with van der Waals surface area (Å²) in [6.07, 6.45) is 1.71. The van der Waals surface area contributed by atoms with Gasteiger partial charge in [-0.2, -0.15) is 0 Å². The highest BCUT2D eigenvalue weighted by atomic mass is 32.2. The highest BCUT2D eigenvalue weighted by molar-refractivity contribution is 8.10. The van der Waals surface area contributed by atoms with E-state index in [9.17, 15) is 0 Å². The van der Waals surface area contributed by atoms with Gasteiger partial charge in [-0.3, -0.25) is 0 Å². The minimum atomic E-state index is -0.0749. The second-order valence-corrected chi connectivity index (χ2v) is 4.94. The van der Waals surface area contributed by atoms with Crippen LogP contribution in [0.2, 0.25) is 0 Å². The number of rotatable bonds is 6. The van der Waals surface area contributed by atoms with Crippen molar-refractivity contribution in [1.82, 2.24) is 4.98 Å². The maximum atomic E-state index is 5.51. The molecule has 0 bridgehead atoms. The molecular weight excluding hydrogens is 230 g/mol. The molecule has 15 heavy (non-hydrogen) atoms. The van der Waals surface area contributed by atoms with Gasteiger partial charge in [0, 0.05) is 12.3 Å². The summed E-state index contributed by atoms with van der Waals surface area (Å²) < 4.78 is 10.5. The standard InChI is InChI=1S/C10H15NO2S2/c1-3-15-10(14)13-7-8-4-5-11-9(6-8)12-2/h4-6,10,14H,3,7H2,1-2H3. The minimum Gasteiger partial charge on any atom is -0.481 e. The van der Waals surface area contributed by atoms with Gasteiger partial charge in [0.05, 0.1) is 13.7 Å². The SMILES string of the molecule is CCSC(S)OCc1ccnc(OC)c1. The van der Waals surface area contributed by atoms with Gasteiger partial charge in [-0.1, -0.05) is 6.92 Å². The molecule has 1 aromatic heterocycles. The number of hydrogen-bond acceptors (Lipinski definition) is 5. The third-order valence-corrected chi connectivity index (χ3v) is 3.06. The van der Waals surface area contributed by atoms with Crippen molar-refractivity contribution in [3.8, 4) is 5.88 Å². The lowest BCUT2D eigenvalue weighted by atomic mass is 10.3. The number of thiol groups is 1. The molecule has 0 saturated carbocycles. The van der Waals surface area contributed by atoms with Crippen molar-refractivity contribution in [2.24, 2.45) is 0 Å². The maximum Gasteiger partial charge on any atom is 0.213 e. The first-order valence-corrected chi connectivity index (χ1v) is 6.23. The van der Waals surface area contributed by atoms with Crippen LogP contribution in [0.5, 0.6) is 5.88 Å². The Balaban J connectivity index is 2.43. The highest BCUT2D eigenvalue weighted by Crippen LogP contribution is 2.18. The topological polar surface area (TPSA) is 31.4 Å². The molecule has 0 saturated heterocycles. The quantitative estimate of drug-likeness (QED) is 0.616. The van der Waals surface area contributed by atoms with Crippen LogP contribution in [-0.2, 0) is 11.3 Å². The maximum absolute atomic E-state index is 5.51. The van der Waals surface area contributed by atoms with Crippen molar-refractivity contribution in [1.29, 1.82) is 0 Å². The average molecular weight is 245 g/mol. The Morgan fingerprint density at radius 2 is 2.40 bits per heavy atom. The number of nitrogens with zero attached hydrogens (tertiary/aromatic N) is 1. The first kappa shape index (κ1) is 12.7. The zero-order chi connectivity index (χ0) is 11.1. The molecule has 1 unspecified atom stereocenters. The fourth-order valence-corrected chi connectivity index (χ4v) is 1.98. The van der Waals surface area contributed by atoms with Crippen LogP contribution in [0.1, 0.15) is 12.5 Å². The summed E-state index contributed by atoms with van der Waals surface area (Å²) in [5.41, 5.74) is 1.04. The van der Waals surface area contributed by atoms with Crippen LogP contribution >= 0.6 is 24.4 Å². The summed E-state index contributed by atoms with van der Waals surface area (Å²) in [6.45, 7) is 2.60. The van der Waals surface area contributed by atoms with E-state index in [2.05, 4.69) is 24.5 Å². The van der Waals surface area contributed by atoms with E-state index in [1.165, 1.54) is 0 Å². The van der Waals surface area contributed by atoms with Gasteiger partial charge < -0.3 is 9.47 Å². The molecule has 0 N–H and O–H groups in total. The summed E-state index contributed by atoms with van der Waals surface area (Å²) >= 11 is 5.94. The second kappa shape index (κ2) is 6.98. The van der Waals surface area contributed by atoms with E-state index in [1.54, 1.807) is 25.1 Å². The summed E-state index contributed by atoms with van der Waals surface area (Å²) in [6, 6.07) is 3.76. The van der Waals surface area contributed by atoms with E-state index in [-0.39, 0.29) is 4.77 Å². The molecule has 5 heteroatoms. The Labute approximate surface area is 100.0 Å². The third kappa shape index (κ3) is 4.77. The van der Waals surface area contributed by atoms with Crippen molar-refractivity contribution >= 4 is 24.4 Å². The lowest BCUT2D eigenvalue weighted by molar-refractivity contribution is 0.150. The zero-order valence-electron chi connectivity index (χ0n) is 8.84. The van der Waals surface area contributed by atoms with Gasteiger partial charge in [0.15, 0.2) is 0 Å². The number of methoxy groups -OCH3 is 1. The van der Waals surface area contributed by atoms with E-state index in [0.717, 1.165) is 11.3 Å². The normalized spacial score (nSPS) is 12.5. The molecule has 0 aromatic carbocycles. The molecule has 3 nitrogen and oxygen atoms in total. The van der Waals surface area contributed by atoms with Crippen LogP contribution in [0.25, 0.3) is 0 Å². The largest absolute Gasteiger partial charge is 0.481 e. The Bertz CT molecular complexity index is 297. The summed E-state index contributed by atoms with van der Waals surface area (Å²) in [7, 11) is 1.60. The van der Waals surface area contributed by atoms with Crippen LogP contribution in [0.4, 0.5) is 0 Å². The highest BCUT2D eigenvalue weighted by Gasteiger charge is 2.03. The van der Waals surface area contributed by atoms with Gasteiger partial charge in [-0.25, -0.2) is 4.98 Å². The fourth-order valence-electron chi connectivity index (χ4n) is 1.01. The molecule has 84 valence electrons. The molecule has 0 aliphatic heterocycles. The molecule has 0 fully saturated rings. The summed E-state index contributed by atoms with van der Waals surface area (Å²) in [5.74, 6) is 1.60. The van der Waals surface area contributed by atoms with Crippen LogP contribution in [0.15, 0.2) is 18.3 Å². The molecule has 0 spiro atoms. The van der Waals surface area contributed by atoms with Crippen molar-refractivity contribution in [3.05, 3.63) is 23.9 Å². The lowest BCUT2D eigenvalue weighted by Crippen LogP contribution is -2.01. The minimum absolute atomic E-state index is 0.0749. The van der Waals surface area contributed by atoms with E-state index in [1.807, 2.05) is 12.1 Å². The van der Waals surface area contributed by atoms with Gasteiger partial charge in [0.1, 0.15) is 4.77 Å². The van der Waals surface area contributed by atoms with Crippen LogP contribution < -0.4 is 4.74 Å². The molecule has 0 aliphatic rings. The number of pyridine rings is 1. The summed E-state index contributed by atoms with van der Waals surface area (Å²) in [5, 5.41) is 0. The molecule has 0 radical (unpaired) electrons. The van der Waals surface area contributed by atoms with E-state index < -0.39 is 0 Å². The van der Waals surface area contributed by atoms with Gasteiger partial charge >= 0.3 is 0 Å². The smallest absolute Gasteiger partial charge is 0.213 e. The number of aromatic nitrogens is 1. The second-order valence-electron chi connectivity index (χ2n) is 2.78. The Kier molecular flexibility index (Phi) is 5.90. The third-order valence-electron chi connectivity index (χ3n) is 1.71. The lowest BCUT2D eigenvalue weighted by Gasteiger charge is -2.10. The molecule has 1 aromatic rings. The predicted octanol–water partition coefficient (Wildman–Crippen LogP) is 2.57. The van der Waals surface area contributed by atoms with E-state index >= 15 is 0 Å². The predicted molar refractivity (Wildman–Crippen MR) is 66.5 cm³/mol. The van der Waals surface area contributed by atoms with Gasteiger partial charge in [-0.15, -0.1) is 24.4 Å². The number of hydrogen-bond donors (Lipinski definition) is 1. The Morgan fingerprint density at radius 1 is 1.60 bits per heavy atom. The molecule has 1 rings (SSSR count). The van der Waals surface area contributed by atoms with Crippen LogP contribution in [0, 0.1) is 0 Å². The van der Waals surface area contributed by atoms with E-state index in [0.29, 0.717) is 12.5 Å². The van der Waals surface area contributed by atoms with Crippen molar-refractivity contribution in [2.45, 2.75) is 18.3 Å². The fraction of sp³-hybridized carbons (Fsp3) is 0.500. The van der Waals surface area contributed by atoms with Crippen molar-refractivity contribution < 1.29 is 9.47 Å². The monoisotopic (exact) mass is 245 g/mol. The van der Waals surface area contributed by atoms with Crippen molar-refractivity contribution in [2.75, 3.05) is 12.9 Å². The van der Waals surface area contributed by atoms with Crippen LogP contribution in [-0.4, -0.2) is 22.6 Å². The molecule has 0 aliphatic carbocycles. The van der Waals surface area contributed by atoms with Gasteiger partial charge in [0.2, 0.25) is 5.88 Å². The number of thioether (sulfide) groups is 1. The molecule has 0 amide bonds. The first-order chi connectivity index (χ1) is 7.26. The molecule has 1 heterocycles. The first-order valence-electron chi connectivity index (χ1n) is 4.66. The Hall–Kier alpha value is -0.390. The van der Waals surface area contributed by atoms with Gasteiger partial charge in [0.25, 0.3) is 0 Å². The zero-order valence-corrected chi connectivity index (χ0v) is 10.6. The summed E-state index contributed by atoms with van der Waals surface area (Å²) in [4.78, 5) is 4.02. The van der Waals surface area contributed by atoms with Crippen molar-refractivity contribution in [3.63, 3.8) is 0 Å². The molecular formula is C10H15NO2S2.